The summed E-state index contributed by atoms with van der Waals surface area (Å²) in [5, 5.41) is 2.83. The Labute approximate surface area is 173 Å². The molecule has 0 atom stereocenters. The number of hydrogen-bond acceptors (Lipinski definition) is 7. The maximum absolute atomic E-state index is 12.9. The van der Waals surface area contributed by atoms with Gasteiger partial charge in [-0.1, -0.05) is 0 Å². The van der Waals surface area contributed by atoms with Crippen molar-refractivity contribution in [2.24, 2.45) is 4.99 Å². The zero-order valence-electron chi connectivity index (χ0n) is 17.2. The molecule has 0 saturated carbocycles. The third-order valence-corrected chi connectivity index (χ3v) is 5.13. The highest BCUT2D eigenvalue weighted by Gasteiger charge is 2.35. The Kier molecular flexibility index (Phi) is 4.94. The molecule has 30 heavy (non-hydrogen) atoms. The highest BCUT2D eigenvalue weighted by atomic mass is 16.5. The number of guanidine groups is 1. The van der Waals surface area contributed by atoms with E-state index in [1.807, 2.05) is 11.0 Å². The molecule has 2 aromatic carbocycles. The number of carbonyl (C=O) groups excluding carboxylic acids is 2. The van der Waals surface area contributed by atoms with Crippen molar-refractivity contribution in [1.82, 2.24) is 4.90 Å². The summed E-state index contributed by atoms with van der Waals surface area (Å²) < 4.78 is 15.9. The van der Waals surface area contributed by atoms with E-state index >= 15 is 0 Å². The SMILES string of the molecule is COc1cc(C(=O)Nc2ccc3c(c2)C(=O)N(C)C2=NCCN23)cc(OC)c1OC. The van der Waals surface area contributed by atoms with Crippen LogP contribution >= 0.6 is 0 Å². The van der Waals surface area contributed by atoms with Gasteiger partial charge in [0, 0.05) is 24.8 Å². The van der Waals surface area contributed by atoms with Gasteiger partial charge in [0.15, 0.2) is 11.5 Å². The Morgan fingerprint density at radius 3 is 2.40 bits per heavy atom. The highest BCUT2D eigenvalue weighted by Crippen LogP contribution is 2.38. The summed E-state index contributed by atoms with van der Waals surface area (Å²) in [7, 11) is 6.17. The second kappa shape index (κ2) is 7.58. The number of rotatable bonds is 5. The number of fused-ring (bicyclic) bond motifs is 3. The van der Waals surface area contributed by atoms with Gasteiger partial charge in [-0.25, -0.2) is 0 Å². The number of anilines is 2. The van der Waals surface area contributed by atoms with Crippen LogP contribution in [0.5, 0.6) is 17.2 Å². The largest absolute Gasteiger partial charge is 0.493 e. The number of aliphatic imine (C=N–C) groups is 1. The van der Waals surface area contributed by atoms with Crippen LogP contribution < -0.4 is 24.4 Å². The molecule has 0 aliphatic carbocycles. The van der Waals surface area contributed by atoms with E-state index in [4.69, 9.17) is 14.2 Å². The first-order chi connectivity index (χ1) is 14.5. The van der Waals surface area contributed by atoms with Crippen LogP contribution in [0.2, 0.25) is 0 Å². The Morgan fingerprint density at radius 2 is 1.77 bits per heavy atom. The normalized spacial score (nSPS) is 14.7. The van der Waals surface area contributed by atoms with E-state index in [1.54, 1.807) is 31.3 Å². The lowest BCUT2D eigenvalue weighted by Crippen LogP contribution is -2.48. The summed E-state index contributed by atoms with van der Waals surface area (Å²) in [5.41, 5.74) is 2.15. The van der Waals surface area contributed by atoms with E-state index in [0.717, 1.165) is 12.2 Å². The molecule has 0 aromatic heterocycles. The minimum absolute atomic E-state index is 0.161. The number of benzene rings is 2. The molecular weight excluding hydrogens is 388 g/mol. The van der Waals surface area contributed by atoms with Crippen molar-refractivity contribution in [3.8, 4) is 17.2 Å². The molecule has 9 heteroatoms. The number of nitrogens with one attached hydrogen (secondary N) is 1. The molecule has 9 nitrogen and oxygen atoms in total. The predicted molar refractivity (Wildman–Crippen MR) is 112 cm³/mol. The van der Waals surface area contributed by atoms with Gasteiger partial charge in [0.25, 0.3) is 11.8 Å². The summed E-state index contributed by atoms with van der Waals surface area (Å²) in [6.07, 6.45) is 0. The summed E-state index contributed by atoms with van der Waals surface area (Å²) in [4.78, 5) is 33.5. The molecule has 0 saturated heterocycles. The van der Waals surface area contributed by atoms with Crippen LogP contribution in [0.25, 0.3) is 0 Å². The van der Waals surface area contributed by atoms with Crippen molar-refractivity contribution < 1.29 is 23.8 Å². The number of carbonyl (C=O) groups is 2. The molecule has 1 N–H and O–H groups in total. The second-order valence-electron chi connectivity index (χ2n) is 6.80. The van der Waals surface area contributed by atoms with Crippen LogP contribution in [0.3, 0.4) is 0 Å². The molecular formula is C21H22N4O5. The summed E-state index contributed by atoms with van der Waals surface area (Å²) in [6, 6.07) is 8.41. The van der Waals surface area contributed by atoms with Gasteiger partial charge in [-0.2, -0.15) is 0 Å². The van der Waals surface area contributed by atoms with Crippen LogP contribution in [0.4, 0.5) is 11.4 Å². The maximum Gasteiger partial charge on any atom is 0.262 e. The first-order valence-corrected chi connectivity index (χ1v) is 9.34. The second-order valence-corrected chi connectivity index (χ2v) is 6.80. The summed E-state index contributed by atoms with van der Waals surface area (Å²) in [6.45, 7) is 1.36. The Bertz CT molecular complexity index is 1040. The van der Waals surface area contributed by atoms with Crippen LogP contribution in [0.1, 0.15) is 20.7 Å². The third-order valence-electron chi connectivity index (χ3n) is 5.13. The van der Waals surface area contributed by atoms with Gasteiger partial charge in [0.2, 0.25) is 11.7 Å². The van der Waals surface area contributed by atoms with Crippen molar-refractivity contribution in [2.45, 2.75) is 0 Å². The lowest BCUT2D eigenvalue weighted by molar-refractivity contribution is 0.0865. The van der Waals surface area contributed by atoms with E-state index in [0.29, 0.717) is 46.6 Å². The van der Waals surface area contributed by atoms with Gasteiger partial charge in [-0.15, -0.1) is 0 Å². The monoisotopic (exact) mass is 410 g/mol. The van der Waals surface area contributed by atoms with Crippen LogP contribution in [-0.2, 0) is 0 Å². The minimum Gasteiger partial charge on any atom is -0.493 e. The van der Waals surface area contributed by atoms with E-state index in [-0.39, 0.29) is 11.8 Å². The number of amides is 2. The number of nitrogens with zero attached hydrogens (tertiary/aromatic N) is 3. The molecule has 0 unspecified atom stereocenters. The summed E-state index contributed by atoms with van der Waals surface area (Å²) >= 11 is 0. The van der Waals surface area contributed by atoms with Crippen LogP contribution in [-0.4, -0.2) is 64.1 Å². The maximum atomic E-state index is 12.9. The standard InChI is InChI=1S/C21H22N4O5/c1-24-20(27)14-11-13(5-6-15(14)25-8-7-22-21(24)25)23-19(26)12-9-16(28-2)18(30-4)17(10-12)29-3/h5-6,9-11H,7-8H2,1-4H3,(H,23,26). The zero-order valence-corrected chi connectivity index (χ0v) is 17.2. The van der Waals surface area contributed by atoms with E-state index in [1.165, 1.54) is 26.2 Å². The average Bonchev–Trinajstić information content (AvgIpc) is 3.26. The Hall–Kier alpha value is -3.75. The number of hydrogen-bond donors (Lipinski definition) is 1. The van der Waals surface area contributed by atoms with Gasteiger partial charge < -0.3 is 24.4 Å². The lowest BCUT2D eigenvalue weighted by atomic mass is 10.1. The van der Waals surface area contributed by atoms with Gasteiger partial charge >= 0.3 is 0 Å². The first-order valence-electron chi connectivity index (χ1n) is 9.34. The molecule has 0 spiro atoms. The predicted octanol–water partition coefficient (Wildman–Crippen LogP) is 2.23. The quantitative estimate of drug-likeness (QED) is 0.813. The van der Waals surface area contributed by atoms with Gasteiger partial charge in [-0.3, -0.25) is 19.5 Å². The third kappa shape index (κ3) is 3.08. The van der Waals surface area contributed by atoms with Crippen molar-refractivity contribution in [3.63, 3.8) is 0 Å². The molecule has 2 heterocycles. The zero-order chi connectivity index (χ0) is 21.4. The summed E-state index contributed by atoms with van der Waals surface area (Å²) in [5.74, 6) is 1.29. The Morgan fingerprint density at radius 1 is 1.07 bits per heavy atom. The fourth-order valence-corrected chi connectivity index (χ4v) is 3.66. The van der Waals surface area contributed by atoms with Gasteiger partial charge in [0.05, 0.1) is 39.1 Å². The molecule has 4 rings (SSSR count). The molecule has 156 valence electrons. The molecule has 0 radical (unpaired) electrons. The van der Waals surface area contributed by atoms with E-state index < -0.39 is 0 Å². The molecule has 2 aliphatic rings. The molecule has 2 aliphatic heterocycles. The fourth-order valence-electron chi connectivity index (χ4n) is 3.66. The minimum atomic E-state index is -0.366. The molecule has 0 fully saturated rings. The number of ether oxygens (including phenoxy) is 3. The van der Waals surface area contributed by atoms with Crippen LogP contribution in [0.15, 0.2) is 35.3 Å². The van der Waals surface area contributed by atoms with Crippen molar-refractivity contribution in [2.75, 3.05) is 51.7 Å². The van der Waals surface area contributed by atoms with Crippen molar-refractivity contribution >= 4 is 29.1 Å². The van der Waals surface area contributed by atoms with Crippen LogP contribution in [0, 0.1) is 0 Å². The number of methoxy groups -OCH3 is 3. The average molecular weight is 410 g/mol. The smallest absolute Gasteiger partial charge is 0.262 e. The van der Waals surface area contributed by atoms with Gasteiger partial charge in [0.1, 0.15) is 0 Å². The molecule has 2 aromatic rings. The van der Waals surface area contributed by atoms with Crippen molar-refractivity contribution in [1.29, 1.82) is 0 Å². The van der Waals surface area contributed by atoms with E-state index in [9.17, 15) is 9.59 Å². The van der Waals surface area contributed by atoms with Crippen molar-refractivity contribution in [3.05, 3.63) is 41.5 Å². The molecule has 2 amide bonds. The first kappa shape index (κ1) is 19.6. The molecule has 0 bridgehead atoms. The fraction of sp³-hybridized carbons (Fsp3) is 0.286. The topological polar surface area (TPSA) is 92.7 Å². The van der Waals surface area contributed by atoms with Gasteiger partial charge in [-0.05, 0) is 30.3 Å². The lowest BCUT2D eigenvalue weighted by Gasteiger charge is -2.33. The van der Waals surface area contributed by atoms with E-state index in [2.05, 4.69) is 10.3 Å². The Balaban J connectivity index is 1.64. The highest BCUT2D eigenvalue weighted by molar-refractivity contribution is 6.19.